The number of allylic oxidation sites excluding steroid dienone is 1. The predicted molar refractivity (Wildman–Crippen MR) is 114 cm³/mol. The Morgan fingerprint density at radius 2 is 2.07 bits per heavy atom. The molecule has 0 saturated carbocycles. The van der Waals surface area contributed by atoms with Crippen LogP contribution in [0.2, 0.25) is 0 Å². The molecule has 152 valence electrons. The zero-order chi connectivity index (χ0) is 21.7. The van der Waals surface area contributed by atoms with Gasteiger partial charge in [0.1, 0.15) is 0 Å². The molecule has 8 nitrogen and oxygen atoms in total. The number of hydrogen-bond acceptors (Lipinski definition) is 6. The van der Waals surface area contributed by atoms with Crippen molar-refractivity contribution >= 4 is 35.0 Å². The summed E-state index contributed by atoms with van der Waals surface area (Å²) in [6.07, 6.45) is 0.00365. The first-order valence-electron chi connectivity index (χ1n) is 9.05. The van der Waals surface area contributed by atoms with Crippen LogP contribution in [-0.2, 0) is 9.59 Å². The Labute approximate surface area is 177 Å². The lowest BCUT2D eigenvalue weighted by atomic mass is 9.87. The van der Waals surface area contributed by atoms with Crippen molar-refractivity contribution in [3.05, 3.63) is 80.4 Å². The molecule has 0 bridgehead atoms. The van der Waals surface area contributed by atoms with Gasteiger partial charge in [0.2, 0.25) is 11.8 Å². The highest BCUT2D eigenvalue weighted by molar-refractivity contribution is 8.03. The van der Waals surface area contributed by atoms with E-state index in [0.717, 1.165) is 17.3 Å². The van der Waals surface area contributed by atoms with Crippen molar-refractivity contribution in [1.82, 2.24) is 5.32 Å². The van der Waals surface area contributed by atoms with Crippen molar-refractivity contribution < 1.29 is 14.5 Å². The predicted octanol–water partition coefficient (Wildman–Crippen LogP) is 3.61. The summed E-state index contributed by atoms with van der Waals surface area (Å²) in [4.78, 5) is 35.0. The van der Waals surface area contributed by atoms with E-state index in [1.54, 1.807) is 18.2 Å². The summed E-state index contributed by atoms with van der Waals surface area (Å²) in [5, 5.41) is 26.4. The van der Waals surface area contributed by atoms with Gasteiger partial charge in [-0.1, -0.05) is 41.6 Å². The van der Waals surface area contributed by atoms with Crippen molar-refractivity contribution in [1.29, 1.82) is 5.26 Å². The topological polar surface area (TPSA) is 125 Å². The molecular weight excluding hydrogens is 404 g/mol. The average molecular weight is 422 g/mol. The SMILES string of the molecule is Cc1ccc(NC(=O)CSC2=C(C#N)[C@@H](c3cccc([N+](=O)[O-])c3)CC(=O)N2)cc1. The molecule has 30 heavy (non-hydrogen) atoms. The average Bonchev–Trinajstić information content (AvgIpc) is 2.73. The second-order valence-corrected chi connectivity index (χ2v) is 7.70. The van der Waals surface area contributed by atoms with Crippen LogP contribution >= 0.6 is 11.8 Å². The van der Waals surface area contributed by atoms with Crippen molar-refractivity contribution in [2.75, 3.05) is 11.1 Å². The third-order valence-electron chi connectivity index (χ3n) is 4.52. The molecule has 0 unspecified atom stereocenters. The summed E-state index contributed by atoms with van der Waals surface area (Å²) in [7, 11) is 0. The highest BCUT2D eigenvalue weighted by atomic mass is 32.2. The van der Waals surface area contributed by atoms with Crippen LogP contribution in [0.4, 0.5) is 11.4 Å². The zero-order valence-electron chi connectivity index (χ0n) is 16.0. The van der Waals surface area contributed by atoms with Crippen LogP contribution in [0.15, 0.2) is 59.1 Å². The molecule has 2 N–H and O–H groups in total. The minimum atomic E-state index is -0.605. The molecule has 2 aromatic carbocycles. The smallest absolute Gasteiger partial charge is 0.269 e. The Balaban J connectivity index is 1.78. The number of nitrogens with zero attached hydrogens (tertiary/aromatic N) is 2. The van der Waals surface area contributed by atoms with E-state index in [2.05, 4.69) is 16.7 Å². The molecule has 0 fully saturated rings. The number of aryl methyl sites for hydroxylation is 1. The van der Waals surface area contributed by atoms with Gasteiger partial charge in [-0.05, 0) is 24.6 Å². The minimum Gasteiger partial charge on any atom is -0.325 e. The molecule has 9 heteroatoms. The van der Waals surface area contributed by atoms with Gasteiger partial charge in [-0.15, -0.1) is 0 Å². The third-order valence-corrected chi connectivity index (χ3v) is 5.54. The highest BCUT2D eigenvalue weighted by Crippen LogP contribution is 2.36. The molecule has 1 aliphatic heterocycles. The molecule has 0 aromatic heterocycles. The maximum Gasteiger partial charge on any atom is 0.269 e. The first kappa shape index (κ1) is 21.1. The molecule has 0 saturated heterocycles. The lowest BCUT2D eigenvalue weighted by Crippen LogP contribution is -2.31. The largest absolute Gasteiger partial charge is 0.325 e. The molecule has 3 rings (SSSR count). The number of hydrogen-bond donors (Lipinski definition) is 2. The van der Waals surface area contributed by atoms with Gasteiger partial charge in [-0.2, -0.15) is 5.26 Å². The Kier molecular flexibility index (Phi) is 6.49. The number of benzene rings is 2. The first-order valence-corrected chi connectivity index (χ1v) is 10.0. The molecule has 2 amide bonds. The zero-order valence-corrected chi connectivity index (χ0v) is 16.9. The van der Waals surface area contributed by atoms with Crippen LogP contribution in [0.5, 0.6) is 0 Å². The van der Waals surface area contributed by atoms with E-state index in [1.807, 2.05) is 19.1 Å². The van der Waals surface area contributed by atoms with Crippen molar-refractivity contribution in [2.45, 2.75) is 19.3 Å². The van der Waals surface area contributed by atoms with Crippen LogP contribution in [-0.4, -0.2) is 22.5 Å². The first-order chi connectivity index (χ1) is 14.4. The van der Waals surface area contributed by atoms with E-state index in [9.17, 15) is 25.0 Å². The Morgan fingerprint density at radius 1 is 1.33 bits per heavy atom. The highest BCUT2D eigenvalue weighted by Gasteiger charge is 2.30. The van der Waals surface area contributed by atoms with E-state index >= 15 is 0 Å². The quantitative estimate of drug-likeness (QED) is 0.541. The van der Waals surface area contributed by atoms with Crippen molar-refractivity contribution in [2.24, 2.45) is 0 Å². The molecule has 1 aliphatic rings. The molecule has 1 atom stereocenters. The summed E-state index contributed by atoms with van der Waals surface area (Å²) in [5.41, 5.74) is 2.41. The molecule has 0 aliphatic carbocycles. The molecular formula is C21H18N4O4S. The normalized spacial score (nSPS) is 15.9. The number of carbonyl (C=O) groups excluding carboxylic acids is 2. The van der Waals surface area contributed by atoms with Crippen LogP contribution in [0.1, 0.15) is 23.5 Å². The monoisotopic (exact) mass is 422 g/mol. The van der Waals surface area contributed by atoms with Gasteiger partial charge < -0.3 is 10.6 Å². The lowest BCUT2D eigenvalue weighted by Gasteiger charge is -2.24. The third kappa shape index (κ3) is 5.04. The van der Waals surface area contributed by atoms with Crippen LogP contribution in [0, 0.1) is 28.4 Å². The lowest BCUT2D eigenvalue weighted by molar-refractivity contribution is -0.384. The van der Waals surface area contributed by atoms with E-state index in [0.29, 0.717) is 16.3 Å². The van der Waals surface area contributed by atoms with Gasteiger partial charge in [0.25, 0.3) is 5.69 Å². The van der Waals surface area contributed by atoms with Gasteiger partial charge in [0.05, 0.1) is 27.3 Å². The second-order valence-electron chi connectivity index (χ2n) is 6.71. The number of nitrogens with one attached hydrogen (secondary N) is 2. The number of rotatable bonds is 6. The number of nitro benzene ring substituents is 1. The van der Waals surface area contributed by atoms with Gasteiger partial charge in [-0.25, -0.2) is 0 Å². The Bertz CT molecular complexity index is 1070. The Hall–Kier alpha value is -3.64. The fraction of sp³-hybridized carbons (Fsp3) is 0.190. The number of non-ortho nitro benzene ring substituents is 1. The second kappa shape index (κ2) is 9.24. The van der Waals surface area contributed by atoms with Crippen LogP contribution < -0.4 is 10.6 Å². The van der Waals surface area contributed by atoms with Crippen molar-refractivity contribution in [3.8, 4) is 6.07 Å². The van der Waals surface area contributed by atoms with Gasteiger partial charge in [-0.3, -0.25) is 19.7 Å². The van der Waals surface area contributed by atoms with E-state index < -0.39 is 10.8 Å². The summed E-state index contributed by atoms with van der Waals surface area (Å²) in [5.74, 6) is -1.20. The van der Waals surface area contributed by atoms with Crippen LogP contribution in [0.3, 0.4) is 0 Å². The van der Waals surface area contributed by atoms with E-state index in [-0.39, 0.29) is 35.2 Å². The number of carbonyl (C=O) groups is 2. The number of nitriles is 1. The number of thioether (sulfide) groups is 1. The fourth-order valence-corrected chi connectivity index (χ4v) is 3.92. The van der Waals surface area contributed by atoms with Gasteiger partial charge >= 0.3 is 0 Å². The van der Waals surface area contributed by atoms with Gasteiger partial charge in [0.15, 0.2) is 0 Å². The minimum absolute atomic E-state index is 0.00364. The summed E-state index contributed by atoms with van der Waals surface area (Å²) >= 11 is 1.05. The maximum atomic E-state index is 12.3. The summed E-state index contributed by atoms with van der Waals surface area (Å²) < 4.78 is 0. The molecule has 0 spiro atoms. The van der Waals surface area contributed by atoms with E-state index in [4.69, 9.17) is 0 Å². The summed E-state index contributed by atoms with van der Waals surface area (Å²) in [6, 6.07) is 15.3. The standard InChI is InChI=1S/C21H18N4O4S/c1-13-5-7-15(8-6-13)23-20(27)12-30-21-18(11-22)17(10-19(26)24-21)14-3-2-4-16(9-14)25(28)29/h2-9,17H,10,12H2,1H3,(H,23,27)(H,24,26)/t17-/m1/s1. The summed E-state index contributed by atoms with van der Waals surface area (Å²) in [6.45, 7) is 1.95. The van der Waals surface area contributed by atoms with Crippen molar-refractivity contribution in [3.63, 3.8) is 0 Å². The number of anilines is 1. The molecule has 2 aromatic rings. The molecule has 0 radical (unpaired) electrons. The van der Waals surface area contributed by atoms with Gasteiger partial charge in [0, 0.05) is 30.2 Å². The fourth-order valence-electron chi connectivity index (χ4n) is 3.04. The van der Waals surface area contributed by atoms with E-state index in [1.165, 1.54) is 18.2 Å². The van der Waals surface area contributed by atoms with Crippen LogP contribution in [0.25, 0.3) is 0 Å². The Morgan fingerprint density at radius 3 is 2.73 bits per heavy atom. The maximum absolute atomic E-state index is 12.3. The molecule has 1 heterocycles. The number of nitro groups is 1. The number of amides is 2.